The first-order chi connectivity index (χ1) is 16.3. The van der Waals surface area contributed by atoms with Crippen molar-refractivity contribution in [3.05, 3.63) is 59.9 Å². The molecule has 0 spiro atoms. The van der Waals surface area contributed by atoms with E-state index in [9.17, 15) is 9.59 Å². The Hall–Kier alpha value is -2.99. The van der Waals surface area contributed by atoms with Crippen molar-refractivity contribution < 1.29 is 9.59 Å². The molecule has 3 heterocycles. The number of benzene rings is 1. The number of Topliss-reactive ketones (excluding diaryl/α,β-unsaturated/α-hetero) is 1. The van der Waals surface area contributed by atoms with E-state index in [0.717, 1.165) is 36.3 Å². The van der Waals surface area contributed by atoms with Crippen molar-refractivity contribution in [3.8, 4) is 5.82 Å². The van der Waals surface area contributed by atoms with Gasteiger partial charge >= 0.3 is 0 Å². The molecule has 0 aliphatic carbocycles. The molecule has 1 amide bonds. The summed E-state index contributed by atoms with van der Waals surface area (Å²) in [6, 6.07) is 12.2. The van der Waals surface area contributed by atoms with Gasteiger partial charge in [0.15, 0.2) is 0 Å². The fourth-order valence-electron chi connectivity index (χ4n) is 5.07. The molecule has 1 saturated heterocycles. The van der Waals surface area contributed by atoms with E-state index in [1.165, 1.54) is 10.9 Å². The molecule has 2 aromatic heterocycles. The molecule has 0 radical (unpaired) electrons. The van der Waals surface area contributed by atoms with Crippen molar-refractivity contribution >= 4 is 22.6 Å². The number of aromatic nitrogens is 2. The SMILES string of the molecule is CNC(C)C(=O)CC(C(=O)N1CCCC1c1ccnc(-n2cc(C)c3ccccc32)c1)C(C)C. The fourth-order valence-corrected chi connectivity index (χ4v) is 5.07. The summed E-state index contributed by atoms with van der Waals surface area (Å²) in [5, 5.41) is 4.22. The molecule has 3 aromatic rings. The Morgan fingerprint density at radius 2 is 1.94 bits per heavy atom. The molecule has 34 heavy (non-hydrogen) atoms. The van der Waals surface area contributed by atoms with Gasteiger partial charge in [0.05, 0.1) is 17.6 Å². The standard InChI is InChI=1S/C28H36N4O2/c1-18(2)23(16-26(33)20(4)29-5)28(34)31-14-8-11-24(31)21-12-13-30-27(15-21)32-17-19(3)22-9-6-7-10-25(22)32/h6-7,9-10,12-13,15,17-18,20,23-24,29H,8,11,14,16H2,1-5H3. The number of likely N-dealkylation sites (N-methyl/N-ethyl adjacent to an activating group) is 1. The maximum Gasteiger partial charge on any atom is 0.226 e. The molecule has 6 nitrogen and oxygen atoms in total. The minimum atomic E-state index is -0.304. The zero-order chi connectivity index (χ0) is 24.4. The van der Waals surface area contributed by atoms with Crippen LogP contribution in [0, 0.1) is 18.8 Å². The number of nitrogens with one attached hydrogen (secondary N) is 1. The van der Waals surface area contributed by atoms with Crippen molar-refractivity contribution in [1.82, 2.24) is 19.8 Å². The summed E-state index contributed by atoms with van der Waals surface area (Å²) < 4.78 is 2.13. The molecule has 1 aromatic carbocycles. The predicted molar refractivity (Wildman–Crippen MR) is 136 cm³/mol. The number of carbonyl (C=O) groups excluding carboxylic acids is 2. The molecule has 3 unspecified atom stereocenters. The number of rotatable bonds is 8. The number of para-hydroxylation sites is 1. The highest BCUT2D eigenvalue weighted by atomic mass is 16.2. The molecule has 1 aliphatic heterocycles. The quantitative estimate of drug-likeness (QED) is 0.523. The zero-order valence-corrected chi connectivity index (χ0v) is 20.9. The monoisotopic (exact) mass is 460 g/mol. The number of aryl methyl sites for hydroxylation is 1. The van der Waals surface area contributed by atoms with Crippen molar-refractivity contribution in [1.29, 1.82) is 0 Å². The van der Waals surface area contributed by atoms with Gasteiger partial charge in [-0.25, -0.2) is 4.98 Å². The Bertz CT molecular complexity index is 1180. The van der Waals surface area contributed by atoms with Gasteiger partial charge in [0, 0.05) is 36.7 Å². The van der Waals surface area contributed by atoms with E-state index >= 15 is 0 Å². The van der Waals surface area contributed by atoms with E-state index in [2.05, 4.69) is 52.3 Å². The first-order valence-corrected chi connectivity index (χ1v) is 12.3. The van der Waals surface area contributed by atoms with Crippen LogP contribution in [0.1, 0.15) is 57.2 Å². The molecular formula is C28H36N4O2. The summed E-state index contributed by atoms with van der Waals surface area (Å²) in [6.45, 7) is 8.77. The lowest BCUT2D eigenvalue weighted by Gasteiger charge is -2.31. The van der Waals surface area contributed by atoms with Crippen LogP contribution < -0.4 is 5.32 Å². The van der Waals surface area contributed by atoms with Gasteiger partial charge in [-0.3, -0.25) is 9.59 Å². The van der Waals surface area contributed by atoms with Gasteiger partial charge in [-0.05, 0) is 69.0 Å². The van der Waals surface area contributed by atoms with Crippen LogP contribution in [0.4, 0.5) is 0 Å². The fraction of sp³-hybridized carbons (Fsp3) is 0.464. The summed E-state index contributed by atoms with van der Waals surface area (Å²) in [5.74, 6) is 0.839. The van der Waals surface area contributed by atoms with Crippen LogP contribution in [0.15, 0.2) is 48.8 Å². The van der Waals surface area contributed by atoms with E-state index in [0.29, 0.717) is 0 Å². The normalized spacial score (nSPS) is 17.9. The van der Waals surface area contributed by atoms with Crippen LogP contribution >= 0.6 is 0 Å². The van der Waals surface area contributed by atoms with Gasteiger partial charge in [0.25, 0.3) is 0 Å². The van der Waals surface area contributed by atoms with Gasteiger partial charge < -0.3 is 14.8 Å². The highest BCUT2D eigenvalue weighted by Crippen LogP contribution is 2.35. The number of pyridine rings is 1. The molecule has 4 rings (SSSR count). The largest absolute Gasteiger partial charge is 0.335 e. The molecule has 1 fully saturated rings. The Balaban J connectivity index is 1.62. The summed E-state index contributed by atoms with van der Waals surface area (Å²) in [7, 11) is 1.78. The van der Waals surface area contributed by atoms with Crippen LogP contribution in [0.5, 0.6) is 0 Å². The van der Waals surface area contributed by atoms with Crippen LogP contribution in [-0.2, 0) is 9.59 Å². The third kappa shape index (κ3) is 4.64. The van der Waals surface area contributed by atoms with Crippen LogP contribution in [0.2, 0.25) is 0 Å². The number of hydrogen-bond acceptors (Lipinski definition) is 4. The number of ketones is 1. The maximum absolute atomic E-state index is 13.7. The summed E-state index contributed by atoms with van der Waals surface area (Å²) in [5.41, 5.74) is 3.44. The molecule has 0 saturated carbocycles. The smallest absolute Gasteiger partial charge is 0.226 e. The molecule has 3 atom stereocenters. The minimum absolute atomic E-state index is 0.00949. The number of nitrogens with zero attached hydrogens (tertiary/aromatic N) is 3. The van der Waals surface area contributed by atoms with Crippen LogP contribution in [0.25, 0.3) is 16.7 Å². The molecule has 1 N–H and O–H groups in total. The number of fused-ring (bicyclic) bond motifs is 1. The van der Waals surface area contributed by atoms with Gasteiger partial charge in [0.1, 0.15) is 11.6 Å². The second-order valence-corrected chi connectivity index (χ2v) is 9.87. The third-order valence-corrected chi connectivity index (χ3v) is 7.31. The summed E-state index contributed by atoms with van der Waals surface area (Å²) in [4.78, 5) is 33.0. The second-order valence-electron chi connectivity index (χ2n) is 9.87. The van der Waals surface area contributed by atoms with E-state index in [4.69, 9.17) is 0 Å². The molecular weight excluding hydrogens is 424 g/mol. The Labute approximate surface area is 202 Å². The van der Waals surface area contributed by atoms with Crippen molar-refractivity contribution in [2.75, 3.05) is 13.6 Å². The lowest BCUT2D eigenvalue weighted by atomic mass is 9.87. The lowest BCUT2D eigenvalue weighted by Crippen LogP contribution is -2.41. The van der Waals surface area contributed by atoms with Crippen molar-refractivity contribution in [2.45, 2.75) is 59.0 Å². The number of amides is 1. The Kier molecular flexibility index (Phi) is 7.17. The third-order valence-electron chi connectivity index (χ3n) is 7.31. The molecule has 1 aliphatic rings. The highest BCUT2D eigenvalue weighted by Gasteiger charge is 2.36. The molecule has 6 heteroatoms. The molecule has 180 valence electrons. The van der Waals surface area contributed by atoms with Gasteiger partial charge in [-0.1, -0.05) is 32.0 Å². The highest BCUT2D eigenvalue weighted by molar-refractivity contribution is 5.90. The average Bonchev–Trinajstić information content (AvgIpc) is 3.47. The number of carbonyl (C=O) groups is 2. The van der Waals surface area contributed by atoms with Crippen molar-refractivity contribution in [3.63, 3.8) is 0 Å². The van der Waals surface area contributed by atoms with E-state index in [1.807, 2.05) is 44.0 Å². The second kappa shape index (κ2) is 10.1. The zero-order valence-electron chi connectivity index (χ0n) is 20.9. The number of likely N-dealkylation sites (tertiary alicyclic amines) is 1. The predicted octanol–water partition coefficient (Wildman–Crippen LogP) is 4.84. The van der Waals surface area contributed by atoms with E-state index < -0.39 is 0 Å². The lowest BCUT2D eigenvalue weighted by molar-refractivity contribution is -0.140. The number of hydrogen-bond donors (Lipinski definition) is 1. The molecule has 0 bridgehead atoms. The van der Waals surface area contributed by atoms with Gasteiger partial charge in [-0.2, -0.15) is 0 Å². The Morgan fingerprint density at radius 1 is 1.18 bits per heavy atom. The topological polar surface area (TPSA) is 67.2 Å². The first-order valence-electron chi connectivity index (χ1n) is 12.3. The Morgan fingerprint density at radius 3 is 2.68 bits per heavy atom. The summed E-state index contributed by atoms with van der Waals surface area (Å²) >= 11 is 0. The van der Waals surface area contributed by atoms with Gasteiger partial charge in [0.2, 0.25) is 5.91 Å². The van der Waals surface area contributed by atoms with Crippen LogP contribution in [0.3, 0.4) is 0 Å². The first kappa shape index (κ1) is 24.1. The minimum Gasteiger partial charge on any atom is -0.335 e. The summed E-state index contributed by atoms with van der Waals surface area (Å²) in [6.07, 6.45) is 6.13. The average molecular weight is 461 g/mol. The van der Waals surface area contributed by atoms with E-state index in [1.54, 1.807) is 7.05 Å². The van der Waals surface area contributed by atoms with Crippen LogP contribution in [-0.4, -0.2) is 45.8 Å². The van der Waals surface area contributed by atoms with E-state index in [-0.39, 0.29) is 42.0 Å². The van der Waals surface area contributed by atoms with Gasteiger partial charge in [-0.15, -0.1) is 0 Å². The maximum atomic E-state index is 13.7. The van der Waals surface area contributed by atoms with Crippen molar-refractivity contribution in [2.24, 2.45) is 11.8 Å².